The van der Waals surface area contributed by atoms with Crippen LogP contribution in [-0.2, 0) is 7.05 Å². The predicted molar refractivity (Wildman–Crippen MR) is 78.5 cm³/mol. The van der Waals surface area contributed by atoms with Crippen molar-refractivity contribution in [3.8, 4) is 0 Å². The molecule has 0 amide bonds. The van der Waals surface area contributed by atoms with E-state index in [1.807, 2.05) is 16.8 Å². The highest BCUT2D eigenvalue weighted by molar-refractivity contribution is 7.08. The SMILES string of the molecule is Cn1cnc2c(NCC(F)(F)F)nc(Nc3ccsc3)nc21. The molecule has 3 rings (SSSR count). The van der Waals surface area contributed by atoms with Crippen LogP contribution in [0.5, 0.6) is 0 Å². The molecular formula is C12H11F3N6S. The van der Waals surface area contributed by atoms with Crippen molar-refractivity contribution in [3.63, 3.8) is 0 Å². The van der Waals surface area contributed by atoms with Crippen LogP contribution in [0.2, 0.25) is 0 Å². The summed E-state index contributed by atoms with van der Waals surface area (Å²) in [5, 5.41) is 8.94. The van der Waals surface area contributed by atoms with E-state index in [0.717, 1.165) is 5.69 Å². The van der Waals surface area contributed by atoms with Crippen LogP contribution in [0, 0.1) is 0 Å². The minimum Gasteiger partial charge on any atom is -0.359 e. The second kappa shape index (κ2) is 5.44. The fourth-order valence-corrected chi connectivity index (χ4v) is 2.42. The second-order valence-electron chi connectivity index (χ2n) is 4.53. The zero-order chi connectivity index (χ0) is 15.7. The van der Waals surface area contributed by atoms with Crippen molar-refractivity contribution >= 4 is 40.0 Å². The number of anilines is 3. The molecule has 0 saturated heterocycles. The number of nitrogens with one attached hydrogen (secondary N) is 2. The quantitative estimate of drug-likeness (QED) is 0.770. The molecule has 3 aromatic heterocycles. The molecule has 3 heterocycles. The van der Waals surface area contributed by atoms with Crippen LogP contribution in [-0.4, -0.2) is 32.2 Å². The van der Waals surface area contributed by atoms with Gasteiger partial charge in [0.1, 0.15) is 6.54 Å². The van der Waals surface area contributed by atoms with Gasteiger partial charge in [-0.3, -0.25) is 0 Å². The van der Waals surface area contributed by atoms with Gasteiger partial charge in [-0.1, -0.05) is 0 Å². The van der Waals surface area contributed by atoms with E-state index in [4.69, 9.17) is 0 Å². The van der Waals surface area contributed by atoms with E-state index in [2.05, 4.69) is 25.6 Å². The number of hydrogen-bond donors (Lipinski definition) is 2. The fourth-order valence-electron chi connectivity index (χ4n) is 1.83. The number of hydrogen-bond acceptors (Lipinski definition) is 6. The van der Waals surface area contributed by atoms with Crippen LogP contribution in [0.15, 0.2) is 23.2 Å². The Morgan fingerprint density at radius 3 is 2.82 bits per heavy atom. The predicted octanol–water partition coefficient (Wildman–Crippen LogP) is 3.14. The molecule has 10 heteroatoms. The molecule has 6 nitrogen and oxygen atoms in total. The summed E-state index contributed by atoms with van der Waals surface area (Å²) in [6.07, 6.45) is -2.86. The first-order chi connectivity index (χ1) is 10.4. The standard InChI is InChI=1S/C12H11F3N6S/c1-21-6-17-8-9(16-5-12(13,14)15)19-11(20-10(8)21)18-7-2-3-22-4-7/h2-4,6H,5H2,1H3,(H2,16,18,19,20). The van der Waals surface area contributed by atoms with Crippen LogP contribution in [0.3, 0.4) is 0 Å². The van der Waals surface area contributed by atoms with E-state index >= 15 is 0 Å². The van der Waals surface area contributed by atoms with Gasteiger partial charge in [-0.25, -0.2) is 4.98 Å². The van der Waals surface area contributed by atoms with Crippen LogP contribution in [0.25, 0.3) is 11.2 Å². The molecule has 3 aromatic rings. The minimum atomic E-state index is -4.34. The van der Waals surface area contributed by atoms with Gasteiger partial charge in [0.15, 0.2) is 17.0 Å². The first kappa shape index (κ1) is 14.6. The Balaban J connectivity index is 1.97. The zero-order valence-electron chi connectivity index (χ0n) is 11.3. The Kier molecular flexibility index (Phi) is 3.61. The van der Waals surface area contributed by atoms with Crippen molar-refractivity contribution in [2.75, 3.05) is 17.2 Å². The van der Waals surface area contributed by atoms with Crippen LogP contribution >= 0.6 is 11.3 Å². The highest BCUT2D eigenvalue weighted by atomic mass is 32.1. The van der Waals surface area contributed by atoms with Crippen molar-refractivity contribution in [3.05, 3.63) is 23.2 Å². The molecular weight excluding hydrogens is 317 g/mol. The molecule has 0 aromatic carbocycles. The van der Waals surface area contributed by atoms with Gasteiger partial charge in [-0.05, 0) is 11.4 Å². The van der Waals surface area contributed by atoms with Gasteiger partial charge in [-0.15, -0.1) is 0 Å². The van der Waals surface area contributed by atoms with Crippen molar-refractivity contribution in [1.29, 1.82) is 0 Å². The highest BCUT2D eigenvalue weighted by Crippen LogP contribution is 2.24. The maximum atomic E-state index is 12.4. The third-order valence-electron chi connectivity index (χ3n) is 2.79. The summed E-state index contributed by atoms with van der Waals surface area (Å²) in [4.78, 5) is 12.4. The third-order valence-corrected chi connectivity index (χ3v) is 3.48. The molecule has 0 aliphatic carbocycles. The molecule has 0 bridgehead atoms. The molecule has 0 saturated carbocycles. The Bertz CT molecular complexity index is 780. The first-order valence-corrected chi connectivity index (χ1v) is 7.15. The summed E-state index contributed by atoms with van der Waals surface area (Å²) >= 11 is 1.49. The second-order valence-corrected chi connectivity index (χ2v) is 5.31. The third kappa shape index (κ3) is 3.11. The molecule has 0 radical (unpaired) electrons. The number of alkyl halides is 3. The van der Waals surface area contributed by atoms with Gasteiger partial charge in [0.05, 0.1) is 12.0 Å². The lowest BCUT2D eigenvalue weighted by Crippen LogP contribution is -2.22. The lowest BCUT2D eigenvalue weighted by atomic mass is 10.4. The van der Waals surface area contributed by atoms with Gasteiger partial charge >= 0.3 is 6.18 Å². The summed E-state index contributed by atoms with van der Waals surface area (Å²) < 4.78 is 38.8. The average molecular weight is 328 g/mol. The number of thiophene rings is 1. The Labute approximate surface area is 127 Å². The summed E-state index contributed by atoms with van der Waals surface area (Å²) in [6, 6.07) is 1.82. The van der Waals surface area contributed by atoms with E-state index in [9.17, 15) is 13.2 Å². The summed E-state index contributed by atoms with van der Waals surface area (Å²) in [5.41, 5.74) is 1.51. The topological polar surface area (TPSA) is 67.7 Å². The van der Waals surface area contributed by atoms with Crippen LogP contribution < -0.4 is 10.6 Å². The molecule has 0 aliphatic heterocycles. The number of rotatable bonds is 4. The minimum absolute atomic E-state index is 0.0423. The van der Waals surface area contributed by atoms with Crippen molar-refractivity contribution in [2.24, 2.45) is 7.05 Å². The Hall–Kier alpha value is -2.36. The number of aryl methyl sites for hydroxylation is 1. The Morgan fingerprint density at radius 2 is 2.14 bits per heavy atom. The zero-order valence-corrected chi connectivity index (χ0v) is 12.2. The summed E-state index contributed by atoms with van der Waals surface area (Å²) in [6.45, 7) is -1.19. The number of nitrogens with zero attached hydrogens (tertiary/aromatic N) is 4. The van der Waals surface area contributed by atoms with E-state index in [1.165, 1.54) is 17.7 Å². The molecule has 0 unspecified atom stereocenters. The fraction of sp³-hybridized carbons (Fsp3) is 0.250. The molecule has 0 atom stereocenters. The summed E-state index contributed by atoms with van der Waals surface area (Å²) in [5.74, 6) is 0.250. The first-order valence-electron chi connectivity index (χ1n) is 6.21. The molecule has 116 valence electrons. The van der Waals surface area contributed by atoms with Gasteiger partial charge in [0.25, 0.3) is 0 Å². The number of aromatic nitrogens is 4. The van der Waals surface area contributed by atoms with E-state index in [0.29, 0.717) is 11.2 Å². The Morgan fingerprint density at radius 1 is 1.32 bits per heavy atom. The van der Waals surface area contributed by atoms with E-state index in [1.54, 1.807) is 11.6 Å². The summed E-state index contributed by atoms with van der Waals surface area (Å²) in [7, 11) is 1.71. The molecule has 22 heavy (non-hydrogen) atoms. The van der Waals surface area contributed by atoms with E-state index < -0.39 is 12.7 Å². The smallest absolute Gasteiger partial charge is 0.359 e. The number of imidazole rings is 1. The molecule has 0 fully saturated rings. The molecule has 2 N–H and O–H groups in total. The maximum absolute atomic E-state index is 12.4. The molecule has 0 aliphatic rings. The van der Waals surface area contributed by atoms with Crippen LogP contribution in [0.4, 0.5) is 30.6 Å². The van der Waals surface area contributed by atoms with Gasteiger partial charge < -0.3 is 15.2 Å². The van der Waals surface area contributed by atoms with Crippen LogP contribution in [0.1, 0.15) is 0 Å². The van der Waals surface area contributed by atoms with Crippen molar-refractivity contribution < 1.29 is 13.2 Å². The maximum Gasteiger partial charge on any atom is 0.405 e. The normalized spacial score (nSPS) is 11.8. The molecule has 0 spiro atoms. The average Bonchev–Trinajstić information content (AvgIpc) is 3.06. The van der Waals surface area contributed by atoms with Gasteiger partial charge in [-0.2, -0.15) is 34.5 Å². The van der Waals surface area contributed by atoms with Gasteiger partial charge in [0.2, 0.25) is 5.95 Å². The van der Waals surface area contributed by atoms with E-state index in [-0.39, 0.29) is 11.8 Å². The lowest BCUT2D eigenvalue weighted by Gasteiger charge is -2.11. The van der Waals surface area contributed by atoms with Crippen molar-refractivity contribution in [2.45, 2.75) is 6.18 Å². The monoisotopic (exact) mass is 328 g/mol. The van der Waals surface area contributed by atoms with Crippen molar-refractivity contribution in [1.82, 2.24) is 19.5 Å². The van der Waals surface area contributed by atoms with Gasteiger partial charge in [0, 0.05) is 12.4 Å². The highest BCUT2D eigenvalue weighted by Gasteiger charge is 2.27. The number of fused-ring (bicyclic) bond motifs is 1. The lowest BCUT2D eigenvalue weighted by molar-refractivity contribution is -0.115. The largest absolute Gasteiger partial charge is 0.405 e. The number of halogens is 3.